The third kappa shape index (κ3) is 6.09. The smallest absolute Gasteiger partial charge is 0.357 e. The third-order valence-corrected chi connectivity index (χ3v) is 4.72. The molecule has 0 atom stereocenters. The normalized spacial score (nSPS) is 12.1. The molecule has 0 aliphatic rings. The van der Waals surface area contributed by atoms with E-state index in [-0.39, 0.29) is 24.0 Å². The minimum Gasteiger partial charge on any atom is -0.357 e. The number of aromatic nitrogens is 2. The first-order valence-corrected chi connectivity index (χ1v) is 9.44. The van der Waals surface area contributed by atoms with Crippen LogP contribution in [0, 0.1) is 0 Å². The summed E-state index contributed by atoms with van der Waals surface area (Å²) in [6.07, 6.45) is -3.99. The fourth-order valence-electron chi connectivity index (χ4n) is 2.57. The van der Waals surface area contributed by atoms with Crippen LogP contribution in [-0.4, -0.2) is 29.0 Å². The molecule has 0 aliphatic heterocycles. The van der Waals surface area contributed by atoms with Crippen molar-refractivity contribution in [2.24, 2.45) is 4.99 Å². The molecule has 0 spiro atoms. The molecule has 0 radical (unpaired) electrons. The molecule has 28 heavy (non-hydrogen) atoms. The Hall–Kier alpha value is -1.82. The predicted molar refractivity (Wildman–Crippen MR) is 117 cm³/mol. The summed E-state index contributed by atoms with van der Waals surface area (Å²) in [6.45, 7) is 3.56. The van der Waals surface area contributed by atoms with E-state index in [1.54, 1.807) is 0 Å². The van der Waals surface area contributed by atoms with Gasteiger partial charge in [-0.05, 0) is 24.4 Å². The summed E-state index contributed by atoms with van der Waals surface area (Å²) >= 11 is 1.02. The number of fused-ring (bicyclic) bond motifs is 1. The summed E-state index contributed by atoms with van der Waals surface area (Å²) in [4.78, 5) is 11.5. The minimum absolute atomic E-state index is 0. The molecule has 0 saturated heterocycles. The number of hydrogen-bond acceptors (Lipinski definition) is 3. The maximum Gasteiger partial charge on any atom is 0.434 e. The molecule has 0 unspecified atom stereocenters. The maximum atomic E-state index is 12.6. The molecule has 2 aromatic heterocycles. The van der Waals surface area contributed by atoms with Gasteiger partial charge in [-0.1, -0.05) is 18.2 Å². The zero-order valence-corrected chi connectivity index (χ0v) is 18.3. The number of rotatable bonds is 6. The number of guanidine groups is 1. The molecule has 10 heteroatoms. The summed E-state index contributed by atoms with van der Waals surface area (Å²) < 4.78 is 37.8. The van der Waals surface area contributed by atoms with Gasteiger partial charge in [0.15, 0.2) is 11.7 Å². The lowest BCUT2D eigenvalue weighted by atomic mass is 10.2. The molecule has 3 aromatic rings. The van der Waals surface area contributed by atoms with Crippen molar-refractivity contribution in [3.05, 3.63) is 52.1 Å². The summed E-state index contributed by atoms with van der Waals surface area (Å²) in [5.74, 6) is 0.615. The molecule has 1 aromatic carbocycles. The average Bonchev–Trinajstić information content (AvgIpc) is 3.26. The van der Waals surface area contributed by atoms with E-state index in [0.29, 0.717) is 37.0 Å². The standard InChI is InChI=1S/C18H20F3N5S.HI/c1-2-22-17(23-8-7-16-26-15(11-27-16)18(19,20)21)24-10-13-9-12-5-3-4-6-14(12)25-13;/h3-6,9,11,25H,2,7-8,10H2,1H3,(H2,22,23,24);1H. The predicted octanol–water partition coefficient (Wildman–Crippen LogP) is 4.56. The van der Waals surface area contributed by atoms with Gasteiger partial charge >= 0.3 is 6.18 Å². The number of hydrogen-bond donors (Lipinski definition) is 3. The molecule has 0 amide bonds. The van der Waals surface area contributed by atoms with Gasteiger partial charge in [0, 0.05) is 36.1 Å². The van der Waals surface area contributed by atoms with Gasteiger partial charge in [-0.2, -0.15) is 13.2 Å². The number of aliphatic imine (C=N–C) groups is 1. The van der Waals surface area contributed by atoms with E-state index < -0.39 is 11.9 Å². The van der Waals surface area contributed by atoms with Gasteiger partial charge in [-0.3, -0.25) is 0 Å². The summed E-state index contributed by atoms with van der Waals surface area (Å²) in [7, 11) is 0. The van der Waals surface area contributed by atoms with Gasteiger partial charge in [0.2, 0.25) is 0 Å². The van der Waals surface area contributed by atoms with Gasteiger partial charge < -0.3 is 15.6 Å². The van der Waals surface area contributed by atoms with Crippen LogP contribution < -0.4 is 10.6 Å². The number of nitrogens with one attached hydrogen (secondary N) is 3. The van der Waals surface area contributed by atoms with Gasteiger partial charge in [-0.25, -0.2) is 9.98 Å². The molecule has 5 nitrogen and oxygen atoms in total. The number of thiazole rings is 1. The topological polar surface area (TPSA) is 65.1 Å². The first-order chi connectivity index (χ1) is 13.0. The largest absolute Gasteiger partial charge is 0.434 e. The Kier molecular flexibility index (Phi) is 8.10. The summed E-state index contributed by atoms with van der Waals surface area (Å²) in [5, 5.41) is 8.88. The Bertz CT molecular complexity index is 886. The number of nitrogens with zero attached hydrogens (tertiary/aromatic N) is 2. The zero-order chi connectivity index (χ0) is 19.3. The number of para-hydroxylation sites is 1. The van der Waals surface area contributed by atoms with Gasteiger partial charge in [0.05, 0.1) is 11.6 Å². The highest BCUT2D eigenvalue weighted by Gasteiger charge is 2.33. The highest BCUT2D eigenvalue weighted by atomic mass is 127. The Morgan fingerprint density at radius 1 is 1.25 bits per heavy atom. The van der Waals surface area contributed by atoms with Crippen LogP contribution in [0.25, 0.3) is 10.9 Å². The average molecular weight is 523 g/mol. The second-order valence-electron chi connectivity index (χ2n) is 5.88. The van der Waals surface area contributed by atoms with Crippen LogP contribution in [0.5, 0.6) is 0 Å². The van der Waals surface area contributed by atoms with Gasteiger partial charge in [0.25, 0.3) is 0 Å². The van der Waals surface area contributed by atoms with Crippen molar-refractivity contribution in [3.63, 3.8) is 0 Å². The quantitative estimate of drug-likeness (QED) is 0.252. The molecule has 152 valence electrons. The maximum absolute atomic E-state index is 12.6. The lowest BCUT2D eigenvalue weighted by molar-refractivity contribution is -0.140. The molecular weight excluding hydrogens is 502 g/mol. The molecule has 3 N–H and O–H groups in total. The minimum atomic E-state index is -4.39. The summed E-state index contributed by atoms with van der Waals surface area (Å²) in [5.41, 5.74) is 1.22. The molecular formula is C18H21F3IN5S. The fraction of sp³-hybridized carbons (Fsp3) is 0.333. The van der Waals surface area contributed by atoms with Crippen LogP contribution in [0.2, 0.25) is 0 Å². The second kappa shape index (κ2) is 10.1. The van der Waals surface area contributed by atoms with Crippen LogP contribution >= 0.6 is 35.3 Å². The van der Waals surface area contributed by atoms with E-state index in [9.17, 15) is 13.2 Å². The Labute approximate surface area is 181 Å². The molecule has 0 aliphatic carbocycles. The van der Waals surface area contributed by atoms with Crippen molar-refractivity contribution < 1.29 is 13.2 Å². The van der Waals surface area contributed by atoms with Crippen LogP contribution in [-0.2, 0) is 19.1 Å². The first kappa shape index (κ1) is 22.5. The van der Waals surface area contributed by atoms with Crippen molar-refractivity contribution in [3.8, 4) is 0 Å². The number of alkyl halides is 3. The Balaban J connectivity index is 0.00000280. The van der Waals surface area contributed by atoms with E-state index in [1.165, 1.54) is 0 Å². The van der Waals surface area contributed by atoms with Crippen molar-refractivity contribution in [2.75, 3.05) is 13.1 Å². The van der Waals surface area contributed by atoms with E-state index in [0.717, 1.165) is 33.3 Å². The summed E-state index contributed by atoms with van der Waals surface area (Å²) in [6, 6.07) is 10.1. The van der Waals surface area contributed by atoms with E-state index in [4.69, 9.17) is 0 Å². The molecule has 2 heterocycles. The monoisotopic (exact) mass is 523 g/mol. The Morgan fingerprint density at radius 2 is 2.04 bits per heavy atom. The van der Waals surface area contributed by atoms with Crippen LogP contribution in [0.15, 0.2) is 40.7 Å². The SMILES string of the molecule is CCNC(=NCc1cc2ccccc2[nH]1)NCCc1nc(C(F)(F)F)cs1.I. The van der Waals surface area contributed by atoms with E-state index in [2.05, 4.69) is 31.7 Å². The highest BCUT2D eigenvalue weighted by molar-refractivity contribution is 14.0. The highest BCUT2D eigenvalue weighted by Crippen LogP contribution is 2.30. The van der Waals surface area contributed by atoms with Crippen LogP contribution in [0.1, 0.15) is 23.3 Å². The molecule has 0 fully saturated rings. The first-order valence-electron chi connectivity index (χ1n) is 8.56. The lowest BCUT2D eigenvalue weighted by Crippen LogP contribution is -2.38. The van der Waals surface area contributed by atoms with Crippen molar-refractivity contribution >= 4 is 52.2 Å². The third-order valence-electron chi connectivity index (χ3n) is 3.81. The lowest BCUT2D eigenvalue weighted by Gasteiger charge is -2.10. The van der Waals surface area contributed by atoms with Gasteiger partial charge in [-0.15, -0.1) is 35.3 Å². The molecule has 3 rings (SSSR count). The number of H-pyrrole nitrogens is 1. The molecule has 0 saturated carbocycles. The van der Waals surface area contributed by atoms with E-state index >= 15 is 0 Å². The van der Waals surface area contributed by atoms with E-state index in [1.807, 2.05) is 31.2 Å². The second-order valence-corrected chi connectivity index (χ2v) is 6.82. The van der Waals surface area contributed by atoms with Crippen molar-refractivity contribution in [1.29, 1.82) is 0 Å². The zero-order valence-electron chi connectivity index (χ0n) is 15.1. The fourth-order valence-corrected chi connectivity index (χ4v) is 3.37. The Morgan fingerprint density at radius 3 is 2.71 bits per heavy atom. The van der Waals surface area contributed by atoms with Crippen molar-refractivity contribution in [1.82, 2.24) is 20.6 Å². The number of aromatic amines is 1. The van der Waals surface area contributed by atoms with Gasteiger partial charge in [0.1, 0.15) is 0 Å². The van der Waals surface area contributed by atoms with Crippen LogP contribution in [0.3, 0.4) is 0 Å². The van der Waals surface area contributed by atoms with Crippen LogP contribution in [0.4, 0.5) is 13.2 Å². The molecule has 0 bridgehead atoms. The number of benzene rings is 1. The number of halogens is 4. The van der Waals surface area contributed by atoms with Crippen molar-refractivity contribution in [2.45, 2.75) is 26.1 Å².